The van der Waals surface area contributed by atoms with Gasteiger partial charge in [-0.3, -0.25) is 4.79 Å². The van der Waals surface area contributed by atoms with E-state index in [2.05, 4.69) is 13.8 Å². The van der Waals surface area contributed by atoms with Gasteiger partial charge in [0.15, 0.2) is 0 Å². The van der Waals surface area contributed by atoms with E-state index in [0.29, 0.717) is 18.3 Å². The first-order chi connectivity index (χ1) is 8.50. The Hall–Kier alpha value is -0.570. The van der Waals surface area contributed by atoms with E-state index in [1.54, 1.807) is 0 Å². The van der Waals surface area contributed by atoms with Crippen LogP contribution in [0.4, 0.5) is 0 Å². The highest BCUT2D eigenvalue weighted by Gasteiger charge is 2.28. The number of rotatable bonds is 7. The first-order valence-electron chi connectivity index (χ1n) is 7.48. The molecule has 0 radical (unpaired) electrons. The lowest BCUT2D eigenvalue weighted by atomic mass is 9.80. The molecule has 1 saturated carbocycles. The minimum atomic E-state index is -0.549. The Kier molecular flexibility index (Phi) is 6.69. The lowest BCUT2D eigenvalue weighted by molar-refractivity contribution is -0.126. The molecule has 0 aromatic rings. The summed E-state index contributed by atoms with van der Waals surface area (Å²) in [5.74, 6) is 0.483. The molecular formula is C15H29NO2. The molecule has 2 unspecified atom stereocenters. The summed E-state index contributed by atoms with van der Waals surface area (Å²) in [7, 11) is 0. The second-order valence-electron chi connectivity index (χ2n) is 6.29. The second-order valence-corrected chi connectivity index (χ2v) is 6.29. The highest BCUT2D eigenvalue weighted by molar-refractivity contribution is 5.77. The molecule has 0 saturated heterocycles. The average Bonchev–Trinajstić information content (AvgIpc) is 2.34. The lowest BCUT2D eigenvalue weighted by Gasteiger charge is -2.28. The molecule has 106 valence electrons. The van der Waals surface area contributed by atoms with Crippen molar-refractivity contribution in [1.82, 2.24) is 0 Å². The van der Waals surface area contributed by atoms with Crippen LogP contribution < -0.4 is 5.73 Å². The van der Waals surface area contributed by atoms with Crippen LogP contribution in [0.2, 0.25) is 0 Å². The molecule has 1 aliphatic carbocycles. The first kappa shape index (κ1) is 15.5. The zero-order chi connectivity index (χ0) is 13.5. The molecular weight excluding hydrogens is 226 g/mol. The van der Waals surface area contributed by atoms with Crippen LogP contribution in [0.1, 0.15) is 65.2 Å². The Bertz CT molecular complexity index is 247. The number of hydrogen-bond acceptors (Lipinski definition) is 2. The van der Waals surface area contributed by atoms with Crippen molar-refractivity contribution in [2.24, 2.45) is 23.5 Å². The summed E-state index contributed by atoms with van der Waals surface area (Å²) in [6, 6.07) is 0. The number of hydrogen-bond donors (Lipinski definition) is 2. The predicted octanol–water partition coefficient (Wildman–Crippen LogP) is 2.86. The van der Waals surface area contributed by atoms with Gasteiger partial charge >= 0.3 is 0 Å². The molecule has 1 amide bonds. The topological polar surface area (TPSA) is 63.3 Å². The molecule has 0 aliphatic heterocycles. The number of aliphatic hydroxyl groups excluding tert-OH is 1. The molecule has 1 rings (SSSR count). The van der Waals surface area contributed by atoms with Gasteiger partial charge in [-0.25, -0.2) is 0 Å². The Balaban J connectivity index is 2.44. The number of carbonyl (C=O) groups is 1. The first-order valence-corrected chi connectivity index (χ1v) is 7.48. The van der Waals surface area contributed by atoms with Crippen molar-refractivity contribution in [3.05, 3.63) is 0 Å². The molecule has 0 spiro atoms. The predicted molar refractivity (Wildman–Crippen MR) is 74.0 cm³/mol. The van der Waals surface area contributed by atoms with Crippen LogP contribution in [0.3, 0.4) is 0 Å². The molecule has 2 atom stereocenters. The van der Waals surface area contributed by atoms with Gasteiger partial charge in [-0.05, 0) is 31.1 Å². The van der Waals surface area contributed by atoms with E-state index in [1.807, 2.05) is 0 Å². The molecule has 0 aromatic carbocycles. The van der Waals surface area contributed by atoms with Crippen molar-refractivity contribution >= 4 is 5.91 Å². The number of nitrogens with two attached hydrogens (primary N) is 1. The fourth-order valence-corrected chi connectivity index (χ4v) is 2.95. The van der Waals surface area contributed by atoms with Crippen molar-refractivity contribution in [2.75, 3.05) is 0 Å². The standard InChI is InChI=1S/C15H29NO2/c1-11(2)8-9-14(17)13(15(16)18)10-12-6-4-3-5-7-12/h11-14,17H,3-10H2,1-2H3,(H2,16,18). The van der Waals surface area contributed by atoms with Gasteiger partial charge in [0.1, 0.15) is 0 Å². The van der Waals surface area contributed by atoms with Crippen LogP contribution in [0.15, 0.2) is 0 Å². The van der Waals surface area contributed by atoms with E-state index in [-0.39, 0.29) is 11.8 Å². The summed E-state index contributed by atoms with van der Waals surface area (Å²) in [6.07, 6.45) is 8.11. The Morgan fingerprint density at radius 2 is 1.83 bits per heavy atom. The third kappa shape index (κ3) is 5.38. The van der Waals surface area contributed by atoms with Crippen molar-refractivity contribution in [2.45, 2.75) is 71.3 Å². The zero-order valence-corrected chi connectivity index (χ0v) is 11.9. The zero-order valence-electron chi connectivity index (χ0n) is 11.9. The van der Waals surface area contributed by atoms with Gasteiger partial charge in [0, 0.05) is 0 Å². The Morgan fingerprint density at radius 1 is 1.22 bits per heavy atom. The van der Waals surface area contributed by atoms with Gasteiger partial charge in [-0.1, -0.05) is 46.0 Å². The molecule has 3 N–H and O–H groups in total. The van der Waals surface area contributed by atoms with Crippen molar-refractivity contribution < 1.29 is 9.90 Å². The quantitative estimate of drug-likeness (QED) is 0.734. The minimum Gasteiger partial charge on any atom is -0.392 e. The Labute approximate surface area is 111 Å². The van der Waals surface area contributed by atoms with Crippen LogP contribution in [0, 0.1) is 17.8 Å². The Morgan fingerprint density at radius 3 is 2.33 bits per heavy atom. The average molecular weight is 255 g/mol. The molecule has 0 bridgehead atoms. The number of primary amides is 1. The van der Waals surface area contributed by atoms with Crippen LogP contribution in [0.5, 0.6) is 0 Å². The van der Waals surface area contributed by atoms with Crippen LogP contribution in [-0.2, 0) is 4.79 Å². The smallest absolute Gasteiger partial charge is 0.223 e. The van der Waals surface area contributed by atoms with Crippen molar-refractivity contribution in [3.8, 4) is 0 Å². The third-order valence-corrected chi connectivity index (χ3v) is 4.18. The van der Waals surface area contributed by atoms with E-state index in [1.165, 1.54) is 32.1 Å². The molecule has 0 heterocycles. The summed E-state index contributed by atoms with van der Waals surface area (Å²) in [5.41, 5.74) is 5.46. The highest BCUT2D eigenvalue weighted by Crippen LogP contribution is 2.31. The monoisotopic (exact) mass is 255 g/mol. The normalized spacial score (nSPS) is 20.9. The molecule has 1 aliphatic rings. The molecule has 3 nitrogen and oxygen atoms in total. The molecule has 18 heavy (non-hydrogen) atoms. The summed E-state index contributed by atoms with van der Waals surface area (Å²) in [4.78, 5) is 11.5. The molecule has 0 aromatic heterocycles. The maximum absolute atomic E-state index is 11.5. The van der Waals surface area contributed by atoms with E-state index in [9.17, 15) is 9.90 Å². The largest absolute Gasteiger partial charge is 0.392 e. The number of amides is 1. The van der Waals surface area contributed by atoms with Gasteiger partial charge in [-0.15, -0.1) is 0 Å². The molecule has 1 fully saturated rings. The van der Waals surface area contributed by atoms with Crippen molar-refractivity contribution in [3.63, 3.8) is 0 Å². The van der Waals surface area contributed by atoms with E-state index in [0.717, 1.165) is 12.8 Å². The summed E-state index contributed by atoms with van der Waals surface area (Å²) >= 11 is 0. The third-order valence-electron chi connectivity index (χ3n) is 4.18. The fraction of sp³-hybridized carbons (Fsp3) is 0.933. The minimum absolute atomic E-state index is 0.322. The van der Waals surface area contributed by atoms with Gasteiger partial charge in [0.25, 0.3) is 0 Å². The van der Waals surface area contributed by atoms with Crippen molar-refractivity contribution in [1.29, 1.82) is 0 Å². The summed E-state index contributed by atoms with van der Waals surface area (Å²) < 4.78 is 0. The SMILES string of the molecule is CC(C)CCC(O)C(CC1CCCCC1)C(N)=O. The molecule has 3 heteroatoms. The maximum atomic E-state index is 11.5. The second kappa shape index (κ2) is 7.78. The maximum Gasteiger partial charge on any atom is 0.223 e. The van der Waals surface area contributed by atoms with Gasteiger partial charge < -0.3 is 10.8 Å². The summed E-state index contributed by atoms with van der Waals surface area (Å²) in [6.45, 7) is 4.26. The number of carbonyl (C=O) groups excluding carboxylic acids is 1. The lowest BCUT2D eigenvalue weighted by Crippen LogP contribution is -2.35. The highest BCUT2D eigenvalue weighted by atomic mass is 16.3. The fourth-order valence-electron chi connectivity index (χ4n) is 2.95. The van der Waals surface area contributed by atoms with Crippen LogP contribution in [0.25, 0.3) is 0 Å². The van der Waals surface area contributed by atoms with Crippen LogP contribution in [-0.4, -0.2) is 17.1 Å². The van der Waals surface area contributed by atoms with E-state index in [4.69, 9.17) is 5.73 Å². The van der Waals surface area contributed by atoms with Gasteiger partial charge in [0.05, 0.1) is 12.0 Å². The summed E-state index contributed by atoms with van der Waals surface area (Å²) in [5, 5.41) is 10.2. The van der Waals surface area contributed by atoms with Gasteiger partial charge in [0.2, 0.25) is 5.91 Å². The van der Waals surface area contributed by atoms with Gasteiger partial charge in [-0.2, -0.15) is 0 Å². The van der Waals surface area contributed by atoms with E-state index < -0.39 is 6.10 Å². The number of aliphatic hydroxyl groups is 1. The van der Waals surface area contributed by atoms with E-state index >= 15 is 0 Å². The van der Waals surface area contributed by atoms with Crippen LogP contribution >= 0.6 is 0 Å².